The van der Waals surface area contributed by atoms with E-state index in [1.807, 2.05) is 24.3 Å². The van der Waals surface area contributed by atoms with Gasteiger partial charge in [0, 0.05) is 17.8 Å². The van der Waals surface area contributed by atoms with Crippen LogP contribution in [0.1, 0.15) is 30.4 Å². The van der Waals surface area contributed by atoms with Crippen molar-refractivity contribution in [2.45, 2.75) is 19.3 Å². The van der Waals surface area contributed by atoms with E-state index in [2.05, 4.69) is 24.0 Å². The molecule has 0 saturated heterocycles. The van der Waals surface area contributed by atoms with E-state index in [1.165, 1.54) is 5.56 Å². The molecular formula is C17H18ClNO. The highest BCUT2D eigenvalue weighted by Gasteiger charge is 2.11. The molecule has 0 aliphatic rings. The number of benzene rings is 2. The van der Waals surface area contributed by atoms with Gasteiger partial charge in [-0.1, -0.05) is 30.7 Å². The third kappa shape index (κ3) is 3.61. The first-order valence-electron chi connectivity index (χ1n) is 6.60. The molecule has 0 bridgehead atoms. The maximum absolute atomic E-state index is 9.34. The number of rotatable bonds is 4. The number of phenols is 1. The normalized spacial score (nSPS) is 13.2. The molecule has 3 heteroatoms. The van der Waals surface area contributed by atoms with Crippen LogP contribution in [-0.4, -0.2) is 17.9 Å². The van der Waals surface area contributed by atoms with Gasteiger partial charge in [-0.05, 0) is 59.9 Å². The van der Waals surface area contributed by atoms with E-state index in [-0.39, 0.29) is 5.75 Å². The molecule has 0 saturated carbocycles. The predicted octanol–water partition coefficient (Wildman–Crippen LogP) is 4.66. The Morgan fingerprint density at radius 1 is 1.10 bits per heavy atom. The maximum atomic E-state index is 9.34. The van der Waals surface area contributed by atoms with Gasteiger partial charge in [0.15, 0.2) is 0 Å². The molecular weight excluding hydrogens is 270 g/mol. The third-order valence-electron chi connectivity index (χ3n) is 3.41. The quantitative estimate of drug-likeness (QED) is 0.815. The van der Waals surface area contributed by atoms with Gasteiger partial charge >= 0.3 is 0 Å². The van der Waals surface area contributed by atoms with Crippen molar-refractivity contribution in [3.05, 3.63) is 64.7 Å². The van der Waals surface area contributed by atoms with E-state index >= 15 is 0 Å². The maximum Gasteiger partial charge on any atom is 0.115 e. The number of phenolic OH excluding ortho intramolecular Hbond substituents is 1. The molecule has 0 radical (unpaired) electrons. The Balaban J connectivity index is 2.14. The smallest absolute Gasteiger partial charge is 0.115 e. The zero-order chi connectivity index (χ0) is 14.5. The molecule has 1 atom stereocenters. The Kier molecular flexibility index (Phi) is 4.80. The van der Waals surface area contributed by atoms with Gasteiger partial charge in [-0.25, -0.2) is 0 Å². The minimum atomic E-state index is 0.273. The molecule has 2 nitrogen and oxygen atoms in total. The van der Waals surface area contributed by atoms with Crippen LogP contribution in [0.4, 0.5) is 0 Å². The number of hydrogen-bond donors (Lipinski definition) is 1. The molecule has 0 spiro atoms. The van der Waals surface area contributed by atoms with Crippen LogP contribution in [0, 0.1) is 0 Å². The molecule has 1 unspecified atom stereocenters. The zero-order valence-electron chi connectivity index (χ0n) is 11.7. The highest BCUT2D eigenvalue weighted by molar-refractivity contribution is 6.30. The number of hydrogen-bond acceptors (Lipinski definition) is 2. The van der Waals surface area contributed by atoms with E-state index in [4.69, 9.17) is 11.6 Å². The third-order valence-corrected chi connectivity index (χ3v) is 3.66. The number of aliphatic imine (C=N–C) groups is 1. The summed E-state index contributed by atoms with van der Waals surface area (Å²) in [7, 11) is 1.80. The van der Waals surface area contributed by atoms with Crippen molar-refractivity contribution in [2.24, 2.45) is 4.99 Å². The summed E-state index contributed by atoms with van der Waals surface area (Å²) in [6.45, 7) is 2.18. The second kappa shape index (κ2) is 6.58. The molecule has 104 valence electrons. The van der Waals surface area contributed by atoms with Gasteiger partial charge in [0.25, 0.3) is 0 Å². The largest absolute Gasteiger partial charge is 0.508 e. The van der Waals surface area contributed by atoms with E-state index in [0.29, 0.717) is 5.92 Å². The summed E-state index contributed by atoms with van der Waals surface area (Å²) in [4.78, 5) is 4.38. The summed E-state index contributed by atoms with van der Waals surface area (Å²) in [5.41, 5.74) is 3.33. The van der Waals surface area contributed by atoms with Crippen molar-refractivity contribution < 1.29 is 5.11 Å². The molecule has 0 aliphatic heterocycles. The Morgan fingerprint density at radius 3 is 2.25 bits per heavy atom. The Hall–Kier alpha value is -1.80. The van der Waals surface area contributed by atoms with Gasteiger partial charge < -0.3 is 5.11 Å². The highest BCUT2D eigenvalue weighted by Crippen LogP contribution is 2.23. The van der Waals surface area contributed by atoms with Crippen LogP contribution in [0.15, 0.2) is 53.5 Å². The average molecular weight is 288 g/mol. The van der Waals surface area contributed by atoms with Crippen LogP contribution in [-0.2, 0) is 0 Å². The lowest BCUT2D eigenvalue weighted by atomic mass is 9.92. The Labute approximate surface area is 124 Å². The van der Waals surface area contributed by atoms with Gasteiger partial charge in [0.2, 0.25) is 0 Å². The van der Waals surface area contributed by atoms with E-state index < -0.39 is 0 Å². The molecule has 20 heavy (non-hydrogen) atoms. The second-order valence-electron chi connectivity index (χ2n) is 4.87. The number of halogens is 1. The molecule has 2 aromatic carbocycles. The van der Waals surface area contributed by atoms with Gasteiger partial charge in [-0.2, -0.15) is 0 Å². The lowest BCUT2D eigenvalue weighted by molar-refractivity contribution is 0.475. The number of nitrogens with zero attached hydrogens (tertiary/aromatic N) is 1. The molecule has 0 heterocycles. The summed E-state index contributed by atoms with van der Waals surface area (Å²) < 4.78 is 0. The van der Waals surface area contributed by atoms with Crippen molar-refractivity contribution in [3.63, 3.8) is 0 Å². The summed E-state index contributed by atoms with van der Waals surface area (Å²) in [6, 6.07) is 15.1. The second-order valence-corrected chi connectivity index (χ2v) is 5.31. The monoisotopic (exact) mass is 287 g/mol. The molecule has 2 aromatic rings. The SMILES string of the molecule is CN=C(CC(C)c1ccc(Cl)cc1)c1ccc(O)cc1. The van der Waals surface area contributed by atoms with Crippen LogP contribution in [0.2, 0.25) is 5.02 Å². The topological polar surface area (TPSA) is 32.6 Å². The number of aromatic hydroxyl groups is 1. The van der Waals surface area contributed by atoms with Crippen LogP contribution in [0.3, 0.4) is 0 Å². The molecule has 0 amide bonds. The average Bonchev–Trinajstić information content (AvgIpc) is 2.46. The van der Waals surface area contributed by atoms with Gasteiger partial charge in [-0.3, -0.25) is 4.99 Å². The standard InChI is InChI=1S/C17H18ClNO/c1-12(13-3-7-15(18)8-4-13)11-17(19-2)14-5-9-16(20)10-6-14/h3-10,12,20H,11H2,1-2H3. The predicted molar refractivity (Wildman–Crippen MR) is 85.1 cm³/mol. The van der Waals surface area contributed by atoms with Crippen LogP contribution < -0.4 is 0 Å². The first kappa shape index (κ1) is 14.6. The van der Waals surface area contributed by atoms with Crippen molar-refractivity contribution in [3.8, 4) is 5.75 Å². The minimum absolute atomic E-state index is 0.273. The van der Waals surface area contributed by atoms with Crippen molar-refractivity contribution in [1.82, 2.24) is 0 Å². The van der Waals surface area contributed by atoms with Crippen LogP contribution >= 0.6 is 11.6 Å². The lowest BCUT2D eigenvalue weighted by Gasteiger charge is -2.14. The molecule has 2 rings (SSSR count). The fourth-order valence-corrected chi connectivity index (χ4v) is 2.32. The first-order valence-corrected chi connectivity index (χ1v) is 6.98. The summed E-state index contributed by atoms with van der Waals surface area (Å²) in [6.07, 6.45) is 0.850. The van der Waals surface area contributed by atoms with Gasteiger partial charge in [0.05, 0.1) is 0 Å². The van der Waals surface area contributed by atoms with Crippen molar-refractivity contribution >= 4 is 17.3 Å². The summed E-state index contributed by atoms with van der Waals surface area (Å²) >= 11 is 5.91. The fraction of sp³-hybridized carbons (Fsp3) is 0.235. The molecule has 1 N–H and O–H groups in total. The van der Waals surface area contributed by atoms with Crippen LogP contribution in [0.25, 0.3) is 0 Å². The highest BCUT2D eigenvalue weighted by atomic mass is 35.5. The molecule has 0 fully saturated rings. The minimum Gasteiger partial charge on any atom is -0.508 e. The molecule has 0 aliphatic carbocycles. The fourth-order valence-electron chi connectivity index (χ4n) is 2.19. The van der Waals surface area contributed by atoms with Crippen molar-refractivity contribution in [2.75, 3.05) is 7.05 Å². The van der Waals surface area contributed by atoms with E-state index in [9.17, 15) is 5.11 Å². The summed E-state index contributed by atoms with van der Waals surface area (Å²) in [5, 5.41) is 10.1. The molecule has 0 aromatic heterocycles. The van der Waals surface area contributed by atoms with E-state index in [1.54, 1.807) is 19.2 Å². The lowest BCUT2D eigenvalue weighted by Crippen LogP contribution is -2.06. The van der Waals surface area contributed by atoms with Crippen molar-refractivity contribution in [1.29, 1.82) is 0 Å². The van der Waals surface area contributed by atoms with Gasteiger partial charge in [0.1, 0.15) is 5.75 Å². The first-order chi connectivity index (χ1) is 9.60. The van der Waals surface area contributed by atoms with Gasteiger partial charge in [-0.15, -0.1) is 0 Å². The Bertz CT molecular complexity index is 587. The van der Waals surface area contributed by atoms with Crippen LogP contribution in [0.5, 0.6) is 5.75 Å². The zero-order valence-corrected chi connectivity index (χ0v) is 12.4. The Morgan fingerprint density at radius 2 is 1.70 bits per heavy atom. The van der Waals surface area contributed by atoms with E-state index in [0.717, 1.165) is 22.7 Å². The summed E-state index contributed by atoms with van der Waals surface area (Å²) in [5.74, 6) is 0.634.